The van der Waals surface area contributed by atoms with Crippen LogP contribution in [0.4, 0.5) is 0 Å². The Bertz CT molecular complexity index is 330. The Hall–Kier alpha value is -1.26. The number of piperidine rings is 1. The van der Waals surface area contributed by atoms with Crippen LogP contribution < -0.4 is 10.6 Å². The smallest absolute Gasteiger partial charge is 0.220 e. The maximum absolute atomic E-state index is 11.4. The molecule has 5 nitrogen and oxygen atoms in total. The summed E-state index contributed by atoms with van der Waals surface area (Å²) < 4.78 is 0. The molecule has 1 aliphatic carbocycles. The van der Waals surface area contributed by atoms with E-state index in [1.165, 1.54) is 19.3 Å². The second kappa shape index (κ2) is 6.78. The van der Waals surface area contributed by atoms with Crippen molar-refractivity contribution in [2.45, 2.75) is 44.6 Å². The lowest BCUT2D eigenvalue weighted by molar-refractivity contribution is -0.121. The second-order valence-electron chi connectivity index (χ2n) is 5.63. The lowest BCUT2D eigenvalue weighted by Crippen LogP contribution is -2.50. The molecule has 0 aromatic heterocycles. The van der Waals surface area contributed by atoms with E-state index in [9.17, 15) is 4.79 Å². The first-order valence-electron chi connectivity index (χ1n) is 7.41. The van der Waals surface area contributed by atoms with Gasteiger partial charge >= 0.3 is 0 Å². The number of nitrogens with one attached hydrogen (secondary N) is 2. The van der Waals surface area contributed by atoms with Crippen molar-refractivity contribution < 1.29 is 4.79 Å². The molecule has 0 aromatic rings. The predicted octanol–water partition coefficient (Wildman–Crippen LogP) is 0.962. The van der Waals surface area contributed by atoms with Gasteiger partial charge in [0.25, 0.3) is 0 Å². The Morgan fingerprint density at radius 3 is 2.42 bits per heavy atom. The molecule has 1 saturated carbocycles. The lowest BCUT2D eigenvalue weighted by Gasteiger charge is -2.37. The number of rotatable bonds is 3. The molecule has 1 heterocycles. The van der Waals surface area contributed by atoms with Gasteiger partial charge in [0.15, 0.2) is 5.96 Å². The summed E-state index contributed by atoms with van der Waals surface area (Å²) in [5.41, 5.74) is 0. The number of carbonyl (C=O) groups excluding carboxylic acids is 1. The number of nitrogens with zero attached hydrogens (tertiary/aromatic N) is 2. The van der Waals surface area contributed by atoms with Gasteiger partial charge in [-0.25, -0.2) is 0 Å². The normalized spacial score (nSPS) is 22.0. The van der Waals surface area contributed by atoms with Crippen molar-refractivity contribution in [2.24, 2.45) is 10.9 Å². The SMILES string of the molecule is CN=C(NC1CCC1)N1CCC(CC(=O)NC)CC1. The van der Waals surface area contributed by atoms with E-state index in [2.05, 4.69) is 20.5 Å². The van der Waals surface area contributed by atoms with Crippen molar-refractivity contribution in [1.29, 1.82) is 0 Å². The minimum absolute atomic E-state index is 0.162. The Balaban J connectivity index is 1.76. The number of guanidine groups is 1. The van der Waals surface area contributed by atoms with Gasteiger partial charge in [0.05, 0.1) is 0 Å². The molecule has 2 fully saturated rings. The van der Waals surface area contributed by atoms with Crippen LogP contribution in [-0.2, 0) is 4.79 Å². The summed E-state index contributed by atoms with van der Waals surface area (Å²) in [6.07, 6.45) is 6.71. The van der Waals surface area contributed by atoms with Gasteiger partial charge in [-0.1, -0.05) is 0 Å². The van der Waals surface area contributed by atoms with Crippen LogP contribution in [0.5, 0.6) is 0 Å². The van der Waals surface area contributed by atoms with Crippen LogP contribution >= 0.6 is 0 Å². The van der Waals surface area contributed by atoms with Crippen LogP contribution in [0.3, 0.4) is 0 Å². The summed E-state index contributed by atoms with van der Waals surface area (Å²) in [5.74, 6) is 1.73. The van der Waals surface area contributed by atoms with Crippen LogP contribution in [0, 0.1) is 5.92 Å². The number of hydrogen-bond acceptors (Lipinski definition) is 2. The van der Waals surface area contributed by atoms with Gasteiger partial charge < -0.3 is 15.5 Å². The molecule has 2 aliphatic rings. The largest absolute Gasteiger partial charge is 0.359 e. The maximum atomic E-state index is 11.4. The highest BCUT2D eigenvalue weighted by Gasteiger charge is 2.25. The second-order valence-corrected chi connectivity index (χ2v) is 5.63. The molecule has 2 N–H and O–H groups in total. The molecule has 0 aromatic carbocycles. The third-order valence-corrected chi connectivity index (χ3v) is 4.32. The van der Waals surface area contributed by atoms with E-state index in [1.54, 1.807) is 7.05 Å². The van der Waals surface area contributed by atoms with Crippen LogP contribution in [0.1, 0.15) is 38.5 Å². The number of aliphatic imine (C=N–C) groups is 1. The van der Waals surface area contributed by atoms with E-state index >= 15 is 0 Å². The zero-order chi connectivity index (χ0) is 13.7. The fourth-order valence-corrected chi connectivity index (χ4v) is 2.75. The number of carbonyl (C=O) groups is 1. The van der Waals surface area contributed by atoms with Crippen molar-refractivity contribution in [3.63, 3.8) is 0 Å². The summed E-state index contributed by atoms with van der Waals surface area (Å²) in [6, 6.07) is 0.627. The molecule has 2 rings (SSSR count). The molecule has 0 bridgehead atoms. The minimum Gasteiger partial charge on any atom is -0.359 e. The average molecular weight is 266 g/mol. The summed E-state index contributed by atoms with van der Waals surface area (Å²) >= 11 is 0. The summed E-state index contributed by atoms with van der Waals surface area (Å²) in [6.45, 7) is 2.02. The number of hydrogen-bond donors (Lipinski definition) is 2. The van der Waals surface area contributed by atoms with Crippen molar-refractivity contribution in [1.82, 2.24) is 15.5 Å². The Labute approximate surface area is 115 Å². The van der Waals surface area contributed by atoms with Crippen molar-refractivity contribution >= 4 is 11.9 Å². The van der Waals surface area contributed by atoms with E-state index in [0.29, 0.717) is 18.4 Å². The van der Waals surface area contributed by atoms with Crippen molar-refractivity contribution in [3.8, 4) is 0 Å². The van der Waals surface area contributed by atoms with Crippen molar-refractivity contribution in [2.75, 3.05) is 27.2 Å². The summed E-state index contributed by atoms with van der Waals surface area (Å²) in [4.78, 5) is 18.1. The molecule has 5 heteroatoms. The van der Waals surface area contributed by atoms with Gasteiger partial charge in [0, 0.05) is 39.6 Å². The third kappa shape index (κ3) is 3.85. The fourth-order valence-electron chi connectivity index (χ4n) is 2.75. The molecule has 19 heavy (non-hydrogen) atoms. The average Bonchev–Trinajstić information content (AvgIpc) is 2.39. The highest BCUT2D eigenvalue weighted by Crippen LogP contribution is 2.22. The topological polar surface area (TPSA) is 56.7 Å². The summed E-state index contributed by atoms with van der Waals surface area (Å²) in [5, 5.41) is 6.25. The van der Waals surface area contributed by atoms with E-state index in [1.807, 2.05) is 7.05 Å². The molecule has 0 radical (unpaired) electrons. The Morgan fingerprint density at radius 2 is 1.95 bits per heavy atom. The van der Waals surface area contributed by atoms with E-state index in [4.69, 9.17) is 0 Å². The predicted molar refractivity (Wildman–Crippen MR) is 77.1 cm³/mol. The molecular formula is C14H26N4O. The van der Waals surface area contributed by atoms with E-state index in [0.717, 1.165) is 31.9 Å². The monoisotopic (exact) mass is 266 g/mol. The highest BCUT2D eigenvalue weighted by atomic mass is 16.1. The highest BCUT2D eigenvalue weighted by molar-refractivity contribution is 5.80. The molecule has 0 atom stereocenters. The van der Waals surface area contributed by atoms with Gasteiger partial charge in [-0.05, 0) is 38.0 Å². The molecular weight excluding hydrogens is 240 g/mol. The quantitative estimate of drug-likeness (QED) is 0.591. The standard InChI is InChI=1S/C14H26N4O/c1-15-13(19)10-11-6-8-18(9-7-11)14(16-2)17-12-4-3-5-12/h11-12H,3-10H2,1-2H3,(H,15,19)(H,16,17). The van der Waals surface area contributed by atoms with Crippen LogP contribution in [-0.4, -0.2) is 50.0 Å². The molecule has 1 amide bonds. The zero-order valence-corrected chi connectivity index (χ0v) is 12.1. The molecule has 0 spiro atoms. The van der Waals surface area contributed by atoms with Crippen LogP contribution in [0.2, 0.25) is 0 Å². The first-order valence-corrected chi connectivity index (χ1v) is 7.41. The first kappa shape index (κ1) is 14.2. The third-order valence-electron chi connectivity index (χ3n) is 4.32. The fraction of sp³-hybridized carbons (Fsp3) is 0.857. The molecule has 1 aliphatic heterocycles. The van der Waals surface area contributed by atoms with Crippen LogP contribution in [0.15, 0.2) is 4.99 Å². The van der Waals surface area contributed by atoms with E-state index in [-0.39, 0.29) is 5.91 Å². The zero-order valence-electron chi connectivity index (χ0n) is 12.1. The first-order chi connectivity index (χ1) is 9.22. The van der Waals surface area contributed by atoms with Gasteiger partial charge in [0.2, 0.25) is 5.91 Å². The molecule has 0 unspecified atom stereocenters. The summed E-state index contributed by atoms with van der Waals surface area (Å²) in [7, 11) is 3.57. The Morgan fingerprint density at radius 1 is 1.26 bits per heavy atom. The molecule has 1 saturated heterocycles. The van der Waals surface area contributed by atoms with Gasteiger partial charge in [-0.2, -0.15) is 0 Å². The van der Waals surface area contributed by atoms with Gasteiger partial charge in [-0.15, -0.1) is 0 Å². The molecule has 108 valence electrons. The van der Waals surface area contributed by atoms with E-state index < -0.39 is 0 Å². The number of likely N-dealkylation sites (tertiary alicyclic amines) is 1. The van der Waals surface area contributed by atoms with Gasteiger partial charge in [-0.3, -0.25) is 9.79 Å². The Kier molecular flexibility index (Phi) is 5.05. The van der Waals surface area contributed by atoms with Gasteiger partial charge in [0.1, 0.15) is 0 Å². The number of amides is 1. The lowest BCUT2D eigenvalue weighted by atomic mass is 9.92. The minimum atomic E-state index is 0.162. The van der Waals surface area contributed by atoms with Crippen molar-refractivity contribution in [3.05, 3.63) is 0 Å². The maximum Gasteiger partial charge on any atom is 0.220 e. The van der Waals surface area contributed by atoms with Crippen LogP contribution in [0.25, 0.3) is 0 Å².